The Kier molecular flexibility index (Phi) is 4.66. The van der Waals surface area contributed by atoms with Crippen molar-refractivity contribution in [1.29, 1.82) is 0 Å². The van der Waals surface area contributed by atoms with E-state index in [1.165, 1.54) is 17.1 Å². The van der Waals surface area contributed by atoms with Gasteiger partial charge in [-0.15, -0.1) is 5.10 Å². The molecule has 0 radical (unpaired) electrons. The maximum Gasteiger partial charge on any atom is 0.266 e. The van der Waals surface area contributed by atoms with E-state index in [2.05, 4.69) is 30.0 Å². The van der Waals surface area contributed by atoms with E-state index < -0.39 is 0 Å². The van der Waals surface area contributed by atoms with Gasteiger partial charge < -0.3 is 4.90 Å². The summed E-state index contributed by atoms with van der Waals surface area (Å²) in [6.07, 6.45) is 4.96. The second kappa shape index (κ2) is 7.26. The molecule has 0 unspecified atom stereocenters. The average Bonchev–Trinajstić information content (AvgIpc) is 3.18. The molecule has 1 aliphatic heterocycles. The van der Waals surface area contributed by atoms with Crippen LogP contribution in [0.3, 0.4) is 0 Å². The van der Waals surface area contributed by atoms with E-state index in [0.29, 0.717) is 18.3 Å². The van der Waals surface area contributed by atoms with Crippen molar-refractivity contribution in [2.75, 3.05) is 18.0 Å². The fourth-order valence-corrected chi connectivity index (χ4v) is 3.43. The molecule has 0 atom stereocenters. The monoisotopic (exact) mass is 366 g/mol. The van der Waals surface area contributed by atoms with Gasteiger partial charge in [0.05, 0.1) is 0 Å². The van der Waals surface area contributed by atoms with Crippen molar-refractivity contribution in [2.45, 2.75) is 33.2 Å². The average molecular weight is 366 g/mol. The van der Waals surface area contributed by atoms with Crippen molar-refractivity contribution < 1.29 is 0 Å². The molecule has 0 aromatic carbocycles. The first-order valence-electron chi connectivity index (χ1n) is 9.09. The van der Waals surface area contributed by atoms with Crippen LogP contribution < -0.4 is 10.5 Å². The quantitative estimate of drug-likeness (QED) is 0.683. The van der Waals surface area contributed by atoms with Crippen LogP contribution in [0.15, 0.2) is 35.6 Å². The molecule has 0 N–H and O–H groups in total. The SMILES string of the molecule is Cc1cc(C)nc(N2CCC(Cn3nc(-n4cncn4)ccc3=O)CC2)n1. The molecule has 1 saturated heterocycles. The predicted octanol–water partition coefficient (Wildman–Crippen LogP) is 1.15. The molecule has 9 heteroatoms. The molecule has 0 spiro atoms. The minimum atomic E-state index is -0.0982. The second-order valence-electron chi connectivity index (χ2n) is 6.93. The lowest BCUT2D eigenvalue weighted by molar-refractivity contribution is 0.332. The molecule has 0 aliphatic carbocycles. The van der Waals surface area contributed by atoms with Crippen molar-refractivity contribution in [1.82, 2.24) is 34.5 Å². The van der Waals surface area contributed by atoms with Crippen LogP contribution in [0.4, 0.5) is 5.95 Å². The molecule has 0 amide bonds. The van der Waals surface area contributed by atoms with Gasteiger partial charge in [-0.25, -0.2) is 24.3 Å². The lowest BCUT2D eigenvalue weighted by Crippen LogP contribution is -2.38. The second-order valence-corrected chi connectivity index (χ2v) is 6.93. The summed E-state index contributed by atoms with van der Waals surface area (Å²) in [5.74, 6) is 1.78. The van der Waals surface area contributed by atoms with Crippen LogP contribution in [-0.2, 0) is 6.54 Å². The Morgan fingerprint density at radius 3 is 2.52 bits per heavy atom. The van der Waals surface area contributed by atoms with E-state index in [-0.39, 0.29) is 5.56 Å². The third-order valence-electron chi connectivity index (χ3n) is 4.81. The van der Waals surface area contributed by atoms with Gasteiger partial charge in [0, 0.05) is 37.1 Å². The molecule has 1 fully saturated rings. The molecule has 27 heavy (non-hydrogen) atoms. The number of nitrogens with zero attached hydrogens (tertiary/aromatic N) is 8. The fourth-order valence-electron chi connectivity index (χ4n) is 3.43. The van der Waals surface area contributed by atoms with Crippen molar-refractivity contribution in [3.05, 3.63) is 52.6 Å². The number of rotatable bonds is 4. The Balaban J connectivity index is 1.43. The normalized spacial score (nSPS) is 15.3. The van der Waals surface area contributed by atoms with E-state index in [1.54, 1.807) is 17.1 Å². The number of hydrogen-bond acceptors (Lipinski definition) is 7. The van der Waals surface area contributed by atoms with E-state index in [4.69, 9.17) is 0 Å². The summed E-state index contributed by atoms with van der Waals surface area (Å²) in [5.41, 5.74) is 1.87. The summed E-state index contributed by atoms with van der Waals surface area (Å²) in [4.78, 5) is 27.4. The van der Waals surface area contributed by atoms with E-state index >= 15 is 0 Å². The van der Waals surface area contributed by atoms with Gasteiger partial charge in [-0.3, -0.25) is 4.79 Å². The van der Waals surface area contributed by atoms with Gasteiger partial charge in [-0.1, -0.05) is 0 Å². The minimum absolute atomic E-state index is 0.0982. The number of hydrogen-bond donors (Lipinski definition) is 0. The number of anilines is 1. The van der Waals surface area contributed by atoms with Crippen LogP contribution in [0.2, 0.25) is 0 Å². The van der Waals surface area contributed by atoms with Crippen molar-refractivity contribution in [3.63, 3.8) is 0 Å². The first kappa shape index (κ1) is 17.3. The molecule has 1 aliphatic rings. The number of aromatic nitrogens is 7. The lowest BCUT2D eigenvalue weighted by atomic mass is 9.97. The summed E-state index contributed by atoms with van der Waals surface area (Å²) in [6.45, 7) is 6.34. The largest absolute Gasteiger partial charge is 0.341 e. The fraction of sp³-hybridized carbons (Fsp3) is 0.444. The Morgan fingerprint density at radius 2 is 1.85 bits per heavy atom. The van der Waals surface area contributed by atoms with Gasteiger partial charge in [0.15, 0.2) is 5.82 Å². The molecule has 9 nitrogen and oxygen atoms in total. The number of piperidine rings is 1. The zero-order valence-electron chi connectivity index (χ0n) is 15.5. The van der Waals surface area contributed by atoms with Crippen LogP contribution in [0.5, 0.6) is 0 Å². The van der Waals surface area contributed by atoms with Crippen LogP contribution in [0.25, 0.3) is 5.82 Å². The van der Waals surface area contributed by atoms with Gasteiger partial charge in [0.25, 0.3) is 5.56 Å². The standard InChI is InChI=1S/C18H22N8O/c1-13-9-14(2)22-18(21-13)24-7-5-15(6-8-24)10-25-17(27)4-3-16(23-25)26-12-19-11-20-26/h3-4,9,11-12,15H,5-8,10H2,1-2H3. The van der Waals surface area contributed by atoms with Crippen molar-refractivity contribution >= 4 is 5.95 Å². The zero-order chi connectivity index (χ0) is 18.8. The van der Waals surface area contributed by atoms with Crippen molar-refractivity contribution in [3.8, 4) is 5.82 Å². The molecule has 0 bridgehead atoms. The van der Waals surface area contributed by atoms with Gasteiger partial charge in [0.2, 0.25) is 5.95 Å². The summed E-state index contributed by atoms with van der Waals surface area (Å²) < 4.78 is 3.08. The van der Waals surface area contributed by atoms with Gasteiger partial charge in [-0.05, 0) is 44.7 Å². The topological polar surface area (TPSA) is 94.6 Å². The summed E-state index contributed by atoms with van der Waals surface area (Å²) in [6, 6.07) is 5.17. The summed E-state index contributed by atoms with van der Waals surface area (Å²) in [5, 5.41) is 8.50. The van der Waals surface area contributed by atoms with Gasteiger partial charge >= 0.3 is 0 Å². The molecule has 140 valence electrons. The molecular formula is C18H22N8O. The zero-order valence-corrected chi connectivity index (χ0v) is 15.5. The van der Waals surface area contributed by atoms with Crippen LogP contribution in [-0.4, -0.2) is 47.6 Å². The summed E-state index contributed by atoms with van der Waals surface area (Å²) >= 11 is 0. The maximum absolute atomic E-state index is 12.2. The minimum Gasteiger partial charge on any atom is -0.341 e. The maximum atomic E-state index is 12.2. The first-order chi connectivity index (χ1) is 13.1. The Morgan fingerprint density at radius 1 is 1.11 bits per heavy atom. The molecular weight excluding hydrogens is 344 g/mol. The Bertz CT molecular complexity index is 953. The molecule has 4 rings (SSSR count). The third-order valence-corrected chi connectivity index (χ3v) is 4.81. The summed E-state index contributed by atoms with van der Waals surface area (Å²) in [7, 11) is 0. The molecule has 4 heterocycles. The highest BCUT2D eigenvalue weighted by atomic mass is 16.1. The third kappa shape index (κ3) is 3.86. The van der Waals surface area contributed by atoms with E-state index in [1.807, 2.05) is 19.9 Å². The number of aryl methyl sites for hydroxylation is 2. The smallest absolute Gasteiger partial charge is 0.266 e. The lowest BCUT2D eigenvalue weighted by Gasteiger charge is -2.32. The Labute approximate surface area is 156 Å². The highest BCUT2D eigenvalue weighted by Crippen LogP contribution is 2.22. The van der Waals surface area contributed by atoms with E-state index in [9.17, 15) is 4.79 Å². The van der Waals surface area contributed by atoms with Crippen LogP contribution >= 0.6 is 0 Å². The van der Waals surface area contributed by atoms with E-state index in [0.717, 1.165) is 43.3 Å². The highest BCUT2D eigenvalue weighted by molar-refractivity contribution is 5.32. The van der Waals surface area contributed by atoms with Crippen molar-refractivity contribution in [2.24, 2.45) is 5.92 Å². The Hall–Kier alpha value is -3.10. The predicted molar refractivity (Wildman–Crippen MR) is 99.9 cm³/mol. The van der Waals surface area contributed by atoms with Gasteiger partial charge in [-0.2, -0.15) is 5.10 Å². The molecule has 3 aromatic rings. The molecule has 3 aromatic heterocycles. The highest BCUT2D eigenvalue weighted by Gasteiger charge is 2.22. The first-order valence-corrected chi connectivity index (χ1v) is 9.09. The van der Waals surface area contributed by atoms with Crippen LogP contribution in [0, 0.1) is 19.8 Å². The molecule has 0 saturated carbocycles. The van der Waals surface area contributed by atoms with Crippen LogP contribution in [0.1, 0.15) is 24.2 Å². The van der Waals surface area contributed by atoms with Gasteiger partial charge in [0.1, 0.15) is 12.7 Å².